The Morgan fingerprint density at radius 1 is 1.39 bits per heavy atom. The molecule has 0 spiro atoms. The summed E-state index contributed by atoms with van der Waals surface area (Å²) < 4.78 is 31.4. The Labute approximate surface area is 134 Å². The number of nitrogens with one attached hydrogen (secondary N) is 2. The van der Waals surface area contributed by atoms with E-state index in [1.807, 2.05) is 0 Å². The molecule has 9 heteroatoms. The first-order valence-electron chi connectivity index (χ1n) is 7.00. The van der Waals surface area contributed by atoms with Crippen LogP contribution in [0.4, 0.5) is 5.69 Å². The summed E-state index contributed by atoms with van der Waals surface area (Å²) in [5, 5.41) is 2.52. The van der Waals surface area contributed by atoms with Gasteiger partial charge in [-0.05, 0) is 23.8 Å². The molecule has 126 valence electrons. The number of nitrogens with zero attached hydrogens (tertiary/aromatic N) is 1. The molecule has 2 rings (SSSR count). The van der Waals surface area contributed by atoms with Gasteiger partial charge in [-0.1, -0.05) is 0 Å². The number of ether oxygens (including phenoxy) is 1. The molecule has 1 aromatic rings. The Balaban J connectivity index is 2.02. The summed E-state index contributed by atoms with van der Waals surface area (Å²) in [6.07, 6.45) is 0.173. The van der Waals surface area contributed by atoms with Gasteiger partial charge in [0.05, 0.1) is 24.5 Å². The lowest BCUT2D eigenvalue weighted by Gasteiger charge is -2.11. The number of methoxy groups -OCH3 is 1. The number of sulfonamides is 1. The smallest absolute Gasteiger partial charge is 0.241 e. The molecule has 0 bridgehead atoms. The standard InChI is InChI=1S/C14H19N3O5S/c1-17-12-4-3-11(7-10(12)8-14(17)19)23(20,21)16-9-13(18)15-5-6-22-2/h3-4,7,16H,5-6,8-9H2,1-2H3,(H,15,18). The van der Waals surface area contributed by atoms with E-state index in [2.05, 4.69) is 10.0 Å². The molecule has 0 aliphatic carbocycles. The fourth-order valence-electron chi connectivity index (χ4n) is 2.21. The Morgan fingerprint density at radius 2 is 2.13 bits per heavy atom. The Bertz CT molecular complexity index is 717. The second-order valence-electron chi connectivity index (χ2n) is 5.09. The van der Waals surface area contributed by atoms with Crippen molar-refractivity contribution in [1.29, 1.82) is 0 Å². The molecule has 2 amide bonds. The molecule has 0 saturated carbocycles. The van der Waals surface area contributed by atoms with Crippen molar-refractivity contribution in [1.82, 2.24) is 10.0 Å². The molecule has 23 heavy (non-hydrogen) atoms. The van der Waals surface area contributed by atoms with Crippen molar-refractivity contribution in [2.45, 2.75) is 11.3 Å². The molecule has 2 N–H and O–H groups in total. The lowest BCUT2D eigenvalue weighted by molar-refractivity contribution is -0.120. The zero-order chi connectivity index (χ0) is 17.0. The van der Waals surface area contributed by atoms with Crippen molar-refractivity contribution in [2.75, 3.05) is 38.8 Å². The highest BCUT2D eigenvalue weighted by Crippen LogP contribution is 2.29. The van der Waals surface area contributed by atoms with Crippen molar-refractivity contribution < 1.29 is 22.7 Å². The molecule has 0 fully saturated rings. The second-order valence-corrected chi connectivity index (χ2v) is 6.85. The van der Waals surface area contributed by atoms with Crippen molar-refractivity contribution in [2.24, 2.45) is 0 Å². The van der Waals surface area contributed by atoms with Crippen LogP contribution >= 0.6 is 0 Å². The molecule has 1 aliphatic rings. The molecule has 8 nitrogen and oxygen atoms in total. The van der Waals surface area contributed by atoms with Crippen molar-refractivity contribution >= 4 is 27.5 Å². The van der Waals surface area contributed by atoms with Gasteiger partial charge in [-0.3, -0.25) is 9.59 Å². The number of hydrogen-bond donors (Lipinski definition) is 2. The topological polar surface area (TPSA) is 105 Å². The fourth-order valence-corrected chi connectivity index (χ4v) is 3.24. The maximum atomic E-state index is 12.2. The first-order valence-corrected chi connectivity index (χ1v) is 8.48. The van der Waals surface area contributed by atoms with Gasteiger partial charge < -0.3 is 15.0 Å². The zero-order valence-corrected chi connectivity index (χ0v) is 13.8. The van der Waals surface area contributed by atoms with Gasteiger partial charge in [-0.15, -0.1) is 0 Å². The van der Waals surface area contributed by atoms with E-state index in [0.29, 0.717) is 24.4 Å². The monoisotopic (exact) mass is 341 g/mol. The van der Waals surface area contributed by atoms with Gasteiger partial charge in [-0.25, -0.2) is 13.1 Å². The Morgan fingerprint density at radius 3 is 2.83 bits per heavy atom. The molecule has 1 aliphatic heterocycles. The number of fused-ring (bicyclic) bond motifs is 1. The van der Waals surface area contributed by atoms with E-state index in [9.17, 15) is 18.0 Å². The van der Waals surface area contributed by atoms with Gasteiger partial charge in [0.1, 0.15) is 0 Å². The molecule has 0 radical (unpaired) electrons. The highest BCUT2D eigenvalue weighted by Gasteiger charge is 2.26. The maximum absolute atomic E-state index is 12.2. The lowest BCUT2D eigenvalue weighted by atomic mass is 10.2. The summed E-state index contributed by atoms with van der Waals surface area (Å²) in [4.78, 5) is 24.7. The van der Waals surface area contributed by atoms with E-state index in [4.69, 9.17) is 4.74 Å². The normalized spacial score (nSPS) is 14.0. The van der Waals surface area contributed by atoms with Crippen LogP contribution in [0.15, 0.2) is 23.1 Å². The van der Waals surface area contributed by atoms with E-state index >= 15 is 0 Å². The van der Waals surface area contributed by atoms with E-state index in [1.54, 1.807) is 13.1 Å². The average Bonchev–Trinajstić information content (AvgIpc) is 2.80. The quantitative estimate of drug-likeness (QED) is 0.635. The molecule has 1 aromatic carbocycles. The molecule has 0 aromatic heterocycles. The lowest BCUT2D eigenvalue weighted by Crippen LogP contribution is -2.38. The van der Waals surface area contributed by atoms with Gasteiger partial charge in [0.15, 0.2) is 0 Å². The van der Waals surface area contributed by atoms with Gasteiger partial charge in [0.2, 0.25) is 21.8 Å². The third kappa shape index (κ3) is 4.06. The first kappa shape index (κ1) is 17.4. The highest BCUT2D eigenvalue weighted by atomic mass is 32.2. The number of hydrogen-bond acceptors (Lipinski definition) is 5. The first-order chi connectivity index (χ1) is 10.8. The summed E-state index contributed by atoms with van der Waals surface area (Å²) in [6.45, 7) is 0.303. The molecule has 0 unspecified atom stereocenters. The number of amides is 2. The van der Waals surface area contributed by atoms with Crippen molar-refractivity contribution in [3.63, 3.8) is 0 Å². The number of rotatable bonds is 7. The summed E-state index contributed by atoms with van der Waals surface area (Å²) in [7, 11) is -0.666. The summed E-state index contributed by atoms with van der Waals surface area (Å²) >= 11 is 0. The SMILES string of the molecule is COCCNC(=O)CNS(=O)(=O)c1ccc2c(c1)CC(=O)N2C. The molecule has 0 atom stereocenters. The van der Waals surface area contributed by atoms with Crippen LogP contribution in [0.1, 0.15) is 5.56 Å². The van der Waals surface area contributed by atoms with Crippen LogP contribution in [-0.4, -0.2) is 54.1 Å². The average molecular weight is 341 g/mol. The predicted octanol–water partition coefficient (Wildman–Crippen LogP) is -0.754. The third-order valence-corrected chi connectivity index (χ3v) is 4.89. The van der Waals surface area contributed by atoms with E-state index in [0.717, 1.165) is 0 Å². The number of benzene rings is 1. The number of likely N-dealkylation sites (N-methyl/N-ethyl adjacent to an activating group) is 1. The largest absolute Gasteiger partial charge is 0.383 e. The molecule has 0 saturated heterocycles. The van der Waals surface area contributed by atoms with Crippen LogP contribution in [0.2, 0.25) is 0 Å². The van der Waals surface area contributed by atoms with Gasteiger partial charge in [-0.2, -0.15) is 0 Å². The van der Waals surface area contributed by atoms with E-state index in [-0.39, 0.29) is 23.8 Å². The zero-order valence-electron chi connectivity index (χ0n) is 13.0. The predicted molar refractivity (Wildman–Crippen MR) is 83.6 cm³/mol. The fraction of sp³-hybridized carbons (Fsp3) is 0.429. The van der Waals surface area contributed by atoms with Crippen LogP contribution in [0.5, 0.6) is 0 Å². The minimum Gasteiger partial charge on any atom is -0.383 e. The Hall–Kier alpha value is -1.97. The molecular formula is C14H19N3O5S. The molecular weight excluding hydrogens is 322 g/mol. The summed E-state index contributed by atoms with van der Waals surface area (Å²) in [6, 6.07) is 4.47. The third-order valence-electron chi connectivity index (χ3n) is 3.49. The van der Waals surface area contributed by atoms with Crippen LogP contribution in [0.3, 0.4) is 0 Å². The summed E-state index contributed by atoms with van der Waals surface area (Å²) in [5.41, 5.74) is 1.36. The summed E-state index contributed by atoms with van der Waals surface area (Å²) in [5.74, 6) is -0.526. The number of anilines is 1. The van der Waals surface area contributed by atoms with Crippen LogP contribution in [0, 0.1) is 0 Å². The number of carbonyl (C=O) groups is 2. The van der Waals surface area contributed by atoms with Gasteiger partial charge >= 0.3 is 0 Å². The maximum Gasteiger partial charge on any atom is 0.241 e. The highest BCUT2D eigenvalue weighted by molar-refractivity contribution is 7.89. The minimum atomic E-state index is -3.81. The second kappa shape index (κ2) is 7.07. The molecule has 1 heterocycles. The van der Waals surface area contributed by atoms with Gasteiger partial charge in [0, 0.05) is 26.4 Å². The van der Waals surface area contributed by atoms with Crippen LogP contribution < -0.4 is 14.9 Å². The number of carbonyl (C=O) groups excluding carboxylic acids is 2. The van der Waals surface area contributed by atoms with E-state index < -0.39 is 15.9 Å². The Kier molecular flexibility index (Phi) is 5.34. The van der Waals surface area contributed by atoms with Crippen molar-refractivity contribution in [3.8, 4) is 0 Å². The van der Waals surface area contributed by atoms with Crippen LogP contribution in [0.25, 0.3) is 0 Å². The van der Waals surface area contributed by atoms with Crippen molar-refractivity contribution in [3.05, 3.63) is 23.8 Å². The minimum absolute atomic E-state index is 0.0315. The van der Waals surface area contributed by atoms with Gasteiger partial charge in [0.25, 0.3) is 0 Å². The van der Waals surface area contributed by atoms with E-state index in [1.165, 1.54) is 24.1 Å². The van der Waals surface area contributed by atoms with Crippen LogP contribution in [-0.2, 0) is 30.8 Å².